The molecule has 14 heteroatoms. The summed E-state index contributed by atoms with van der Waals surface area (Å²) in [4.78, 5) is 33.3. The highest BCUT2D eigenvalue weighted by Gasteiger charge is 2.36. The van der Waals surface area contributed by atoms with Gasteiger partial charge in [0.25, 0.3) is 5.91 Å². The van der Waals surface area contributed by atoms with Crippen LogP contribution in [-0.2, 0) is 10.0 Å². The summed E-state index contributed by atoms with van der Waals surface area (Å²) in [6.45, 7) is 5.59. The fourth-order valence-electron chi connectivity index (χ4n) is 4.40. The highest BCUT2D eigenvalue weighted by molar-refractivity contribution is 7.93. The largest absolute Gasteiger partial charge is 0.477 e. The van der Waals surface area contributed by atoms with Crippen LogP contribution < -0.4 is 14.8 Å². The molecule has 208 valence electrons. The van der Waals surface area contributed by atoms with Crippen molar-refractivity contribution < 1.29 is 23.1 Å². The summed E-state index contributed by atoms with van der Waals surface area (Å²) < 4.78 is 33.0. The summed E-state index contributed by atoms with van der Waals surface area (Å²) in [5.74, 6) is -0.0129. The molecule has 1 saturated carbocycles. The number of sulfonamides is 1. The Labute approximate surface area is 230 Å². The third-order valence-electron chi connectivity index (χ3n) is 6.50. The van der Waals surface area contributed by atoms with Crippen LogP contribution >= 0.6 is 11.3 Å². The molecule has 0 unspecified atom stereocenters. The first-order chi connectivity index (χ1) is 18.6. The summed E-state index contributed by atoms with van der Waals surface area (Å²) >= 11 is 1.17. The minimum Gasteiger partial charge on any atom is -0.477 e. The molecule has 2 atom stereocenters. The Hall–Kier alpha value is -3.20. The minimum atomic E-state index is -3.45. The fraction of sp³-hybridized carbons (Fsp3) is 0.480. The SMILES string of the molecule is CCOc1cncc(-c2cnc(C(=O)N[C@@H](CN3CC[C@@](C)(O)C3)c3cc(NS(=O)(=O)C4CC4)ccn3)s2)n1. The van der Waals surface area contributed by atoms with Gasteiger partial charge in [-0.3, -0.25) is 24.4 Å². The Morgan fingerprint density at radius 1 is 1.31 bits per heavy atom. The van der Waals surface area contributed by atoms with Crippen molar-refractivity contribution in [2.75, 3.05) is 31.0 Å². The fourth-order valence-corrected chi connectivity index (χ4v) is 6.55. The lowest BCUT2D eigenvalue weighted by atomic mass is 10.1. The van der Waals surface area contributed by atoms with Gasteiger partial charge in [-0.1, -0.05) is 0 Å². The molecule has 0 spiro atoms. The van der Waals surface area contributed by atoms with Gasteiger partial charge < -0.3 is 15.2 Å². The van der Waals surface area contributed by atoms with Crippen molar-refractivity contribution in [2.45, 2.75) is 50.0 Å². The summed E-state index contributed by atoms with van der Waals surface area (Å²) in [5.41, 5.74) is 0.623. The molecule has 2 aliphatic rings. The van der Waals surface area contributed by atoms with Crippen LogP contribution in [0.25, 0.3) is 10.6 Å². The molecule has 3 aromatic rings. The number of β-amino-alcohol motifs (C(OH)–C–C–N with tert-alkyl or cyclic N) is 1. The van der Waals surface area contributed by atoms with E-state index in [1.165, 1.54) is 23.7 Å². The first-order valence-corrected chi connectivity index (χ1v) is 15.1. The molecule has 4 heterocycles. The monoisotopic (exact) mass is 573 g/mol. The predicted octanol–water partition coefficient (Wildman–Crippen LogP) is 2.23. The van der Waals surface area contributed by atoms with Gasteiger partial charge in [0.2, 0.25) is 15.9 Å². The zero-order valence-electron chi connectivity index (χ0n) is 21.7. The van der Waals surface area contributed by atoms with Crippen molar-refractivity contribution in [3.63, 3.8) is 0 Å². The van der Waals surface area contributed by atoms with Crippen LogP contribution in [0.1, 0.15) is 54.6 Å². The van der Waals surface area contributed by atoms with Crippen LogP contribution in [0.5, 0.6) is 5.88 Å². The number of rotatable bonds is 11. The van der Waals surface area contributed by atoms with Gasteiger partial charge in [-0.15, -0.1) is 11.3 Å². The molecular weight excluding hydrogens is 542 g/mol. The number of ether oxygens (including phenoxy) is 1. The van der Waals surface area contributed by atoms with Crippen molar-refractivity contribution in [1.82, 2.24) is 30.2 Å². The van der Waals surface area contributed by atoms with Crippen molar-refractivity contribution in [2.24, 2.45) is 0 Å². The molecule has 1 saturated heterocycles. The van der Waals surface area contributed by atoms with Crippen molar-refractivity contribution in [3.05, 3.63) is 47.6 Å². The summed E-state index contributed by atoms with van der Waals surface area (Å²) in [5, 5.41) is 13.3. The van der Waals surface area contributed by atoms with E-state index in [0.29, 0.717) is 73.3 Å². The Morgan fingerprint density at radius 3 is 2.85 bits per heavy atom. The molecule has 39 heavy (non-hydrogen) atoms. The second kappa shape index (κ2) is 11.1. The van der Waals surface area contributed by atoms with E-state index >= 15 is 0 Å². The second-order valence-corrected chi connectivity index (χ2v) is 13.0. The number of anilines is 1. The van der Waals surface area contributed by atoms with Crippen LogP contribution in [0.4, 0.5) is 5.69 Å². The van der Waals surface area contributed by atoms with Crippen LogP contribution in [-0.4, -0.2) is 81.4 Å². The Morgan fingerprint density at radius 2 is 2.13 bits per heavy atom. The molecular formula is C25H31N7O5S2. The lowest BCUT2D eigenvalue weighted by Crippen LogP contribution is -2.39. The number of hydrogen-bond acceptors (Lipinski definition) is 11. The number of thiazole rings is 1. The Balaban J connectivity index is 1.36. The van der Waals surface area contributed by atoms with E-state index in [2.05, 4.69) is 34.9 Å². The third kappa shape index (κ3) is 6.87. The number of nitrogens with one attached hydrogen (secondary N) is 2. The molecule has 2 fully saturated rings. The predicted molar refractivity (Wildman–Crippen MR) is 146 cm³/mol. The molecule has 0 aromatic carbocycles. The van der Waals surface area contributed by atoms with Crippen molar-refractivity contribution >= 4 is 33.0 Å². The number of carbonyl (C=O) groups is 1. The van der Waals surface area contributed by atoms with Crippen LogP contribution in [0, 0.1) is 0 Å². The zero-order chi connectivity index (χ0) is 27.6. The summed E-state index contributed by atoms with van der Waals surface area (Å²) in [7, 11) is -3.45. The molecule has 1 aliphatic heterocycles. The lowest BCUT2D eigenvalue weighted by molar-refractivity contribution is 0.0671. The summed E-state index contributed by atoms with van der Waals surface area (Å²) in [6.07, 6.45) is 8.10. The first kappa shape index (κ1) is 27.4. The number of nitrogens with zero attached hydrogens (tertiary/aromatic N) is 5. The van der Waals surface area contributed by atoms with Gasteiger partial charge in [-0.2, -0.15) is 0 Å². The number of hydrogen-bond donors (Lipinski definition) is 3. The maximum Gasteiger partial charge on any atom is 0.280 e. The van der Waals surface area contributed by atoms with Gasteiger partial charge in [0.15, 0.2) is 5.01 Å². The average molecular weight is 574 g/mol. The maximum atomic E-state index is 13.3. The second-order valence-electron chi connectivity index (χ2n) is 10.0. The molecule has 3 N–H and O–H groups in total. The van der Waals surface area contributed by atoms with Gasteiger partial charge in [-0.05, 0) is 45.2 Å². The van der Waals surface area contributed by atoms with E-state index in [1.807, 2.05) is 6.92 Å². The number of aliphatic hydroxyl groups is 1. The molecule has 0 bridgehead atoms. The van der Waals surface area contributed by atoms with Gasteiger partial charge in [0.1, 0.15) is 5.69 Å². The average Bonchev–Trinajstić information content (AvgIpc) is 3.55. The van der Waals surface area contributed by atoms with Crippen LogP contribution in [0.2, 0.25) is 0 Å². The third-order valence-corrected chi connectivity index (χ3v) is 9.38. The van der Waals surface area contributed by atoms with Gasteiger partial charge in [0.05, 0.1) is 52.2 Å². The van der Waals surface area contributed by atoms with Crippen molar-refractivity contribution in [3.8, 4) is 16.5 Å². The molecule has 5 rings (SSSR count). The number of carbonyl (C=O) groups excluding carboxylic acids is 1. The number of likely N-dealkylation sites (tertiary alicyclic amines) is 1. The van der Waals surface area contributed by atoms with Crippen LogP contribution in [0.15, 0.2) is 36.9 Å². The molecule has 1 amide bonds. The van der Waals surface area contributed by atoms with Gasteiger partial charge >= 0.3 is 0 Å². The zero-order valence-corrected chi connectivity index (χ0v) is 23.3. The van der Waals surface area contributed by atoms with E-state index in [9.17, 15) is 18.3 Å². The van der Waals surface area contributed by atoms with E-state index in [1.54, 1.807) is 31.5 Å². The smallest absolute Gasteiger partial charge is 0.280 e. The number of amides is 1. The number of pyridine rings is 1. The van der Waals surface area contributed by atoms with Gasteiger partial charge in [-0.25, -0.2) is 18.4 Å². The quantitative estimate of drug-likeness (QED) is 0.310. The van der Waals surface area contributed by atoms with E-state index in [-0.39, 0.29) is 10.3 Å². The maximum absolute atomic E-state index is 13.3. The van der Waals surface area contributed by atoms with Crippen molar-refractivity contribution in [1.29, 1.82) is 0 Å². The van der Waals surface area contributed by atoms with E-state index < -0.39 is 27.6 Å². The summed E-state index contributed by atoms with van der Waals surface area (Å²) in [6, 6.07) is 2.65. The Kier molecular flexibility index (Phi) is 7.80. The Bertz CT molecular complexity index is 1440. The molecule has 3 aromatic heterocycles. The first-order valence-electron chi connectivity index (χ1n) is 12.8. The number of aromatic nitrogens is 4. The van der Waals surface area contributed by atoms with E-state index in [4.69, 9.17) is 4.74 Å². The highest BCUT2D eigenvalue weighted by atomic mass is 32.2. The standard InChI is InChI=1S/C25H31N7O5S2/c1-3-37-22-13-26-11-19(29-22)21-12-28-24(38-21)23(33)30-20(14-32-9-7-25(2,34)15-32)18-10-16(6-8-27-18)31-39(35,36)17-4-5-17/h6,8,10-13,17,20,34H,3-5,7,9,14-15H2,1-2H3,(H,27,31)(H,30,33)/t20-,25+/m0/s1. The highest BCUT2D eigenvalue weighted by Crippen LogP contribution is 2.31. The molecule has 0 radical (unpaired) electrons. The van der Waals surface area contributed by atoms with E-state index in [0.717, 1.165) is 0 Å². The molecule has 1 aliphatic carbocycles. The normalized spacial score (nSPS) is 20.5. The topological polar surface area (TPSA) is 160 Å². The van der Waals surface area contributed by atoms with Gasteiger partial charge in [0, 0.05) is 32.0 Å². The van der Waals surface area contributed by atoms with Crippen LogP contribution in [0.3, 0.4) is 0 Å². The lowest BCUT2D eigenvalue weighted by Gasteiger charge is -2.25. The minimum absolute atomic E-state index is 0.234. The molecule has 12 nitrogen and oxygen atoms in total.